The van der Waals surface area contributed by atoms with E-state index in [9.17, 15) is 4.79 Å². The molecule has 0 saturated heterocycles. The molecule has 0 saturated carbocycles. The second-order valence-corrected chi connectivity index (χ2v) is 3.99. The number of carbonyl (C=O) groups excluding carboxylic acids is 1. The number of ether oxygens (including phenoxy) is 1. The second kappa shape index (κ2) is 6.73. The van der Waals surface area contributed by atoms with Crippen LogP contribution in [0, 0.1) is 0 Å². The van der Waals surface area contributed by atoms with Crippen LogP contribution in [0.3, 0.4) is 0 Å². The topological polar surface area (TPSA) is 63.2 Å². The molecule has 1 heterocycles. The summed E-state index contributed by atoms with van der Waals surface area (Å²) in [5.41, 5.74) is 0.897. The minimum atomic E-state index is 0.0496. The highest BCUT2D eigenvalue weighted by molar-refractivity contribution is 5.76. The van der Waals surface area contributed by atoms with Crippen molar-refractivity contribution in [1.29, 1.82) is 0 Å². The van der Waals surface area contributed by atoms with Gasteiger partial charge in [0.1, 0.15) is 0 Å². The van der Waals surface area contributed by atoms with E-state index in [1.54, 1.807) is 19.4 Å². The third kappa shape index (κ3) is 5.19. The Balaban J connectivity index is 2.32. The van der Waals surface area contributed by atoms with Crippen molar-refractivity contribution in [3.63, 3.8) is 0 Å². The molecule has 17 heavy (non-hydrogen) atoms. The fraction of sp³-hybridized carbons (Fsp3) is 0.500. The Bertz CT molecular complexity index is 367. The maximum atomic E-state index is 11.4. The average molecular weight is 237 g/mol. The number of hydrogen-bond acceptors (Lipinski definition) is 4. The molecule has 0 bridgehead atoms. The summed E-state index contributed by atoms with van der Waals surface area (Å²) in [7, 11) is 1.57. The predicted octanol–water partition coefficient (Wildman–Crippen LogP) is 1.42. The molecule has 2 N–H and O–H groups in total. The minimum absolute atomic E-state index is 0.0496. The summed E-state index contributed by atoms with van der Waals surface area (Å²) < 4.78 is 5.00. The molecule has 0 aromatic carbocycles. The second-order valence-electron chi connectivity index (χ2n) is 3.99. The minimum Gasteiger partial charge on any atom is -0.481 e. The summed E-state index contributed by atoms with van der Waals surface area (Å²) in [5.74, 6) is 0.607. The molecule has 1 rings (SSSR count). The van der Waals surface area contributed by atoms with Crippen LogP contribution < -0.4 is 15.4 Å². The van der Waals surface area contributed by atoms with Crippen LogP contribution in [-0.2, 0) is 4.79 Å². The van der Waals surface area contributed by atoms with Gasteiger partial charge in [-0.1, -0.05) is 0 Å². The lowest BCUT2D eigenvalue weighted by Gasteiger charge is -2.09. The van der Waals surface area contributed by atoms with Gasteiger partial charge in [-0.15, -0.1) is 0 Å². The maximum absolute atomic E-state index is 11.4. The number of methoxy groups -OCH3 is 1. The predicted molar refractivity (Wildman–Crippen MR) is 67.2 cm³/mol. The average Bonchev–Trinajstić information content (AvgIpc) is 2.28. The summed E-state index contributed by atoms with van der Waals surface area (Å²) in [6.45, 7) is 4.48. The molecular formula is C12H19N3O2. The van der Waals surface area contributed by atoms with Crippen molar-refractivity contribution in [2.24, 2.45) is 0 Å². The quantitative estimate of drug-likeness (QED) is 0.785. The number of nitrogens with zero attached hydrogens (tertiary/aromatic N) is 1. The van der Waals surface area contributed by atoms with Gasteiger partial charge in [-0.3, -0.25) is 4.79 Å². The van der Waals surface area contributed by atoms with Crippen LogP contribution in [0.5, 0.6) is 5.88 Å². The third-order valence-corrected chi connectivity index (χ3v) is 2.07. The van der Waals surface area contributed by atoms with Gasteiger partial charge < -0.3 is 15.4 Å². The van der Waals surface area contributed by atoms with Crippen molar-refractivity contribution in [1.82, 2.24) is 10.3 Å². The van der Waals surface area contributed by atoms with E-state index in [4.69, 9.17) is 4.74 Å². The van der Waals surface area contributed by atoms with Crippen LogP contribution in [0.2, 0.25) is 0 Å². The largest absolute Gasteiger partial charge is 0.481 e. The lowest BCUT2D eigenvalue weighted by molar-refractivity contribution is -0.121. The van der Waals surface area contributed by atoms with Gasteiger partial charge in [-0.2, -0.15) is 0 Å². The van der Waals surface area contributed by atoms with E-state index >= 15 is 0 Å². The first-order valence-corrected chi connectivity index (χ1v) is 5.65. The van der Waals surface area contributed by atoms with Crippen molar-refractivity contribution in [2.75, 3.05) is 19.0 Å². The van der Waals surface area contributed by atoms with E-state index in [2.05, 4.69) is 15.6 Å². The standard InChI is InChI=1S/C12H19N3O2/c1-9(2)15-11(16)5-7-13-10-4-6-14-12(8-10)17-3/h4,6,8-9H,5,7H2,1-3H3,(H,13,14)(H,15,16). The Morgan fingerprint density at radius 2 is 2.29 bits per heavy atom. The smallest absolute Gasteiger partial charge is 0.221 e. The molecule has 0 atom stereocenters. The molecule has 0 aliphatic heterocycles. The zero-order chi connectivity index (χ0) is 12.7. The van der Waals surface area contributed by atoms with Gasteiger partial charge in [0.05, 0.1) is 7.11 Å². The summed E-state index contributed by atoms with van der Waals surface area (Å²) >= 11 is 0. The summed E-state index contributed by atoms with van der Waals surface area (Å²) in [5, 5.41) is 5.98. The van der Waals surface area contributed by atoms with Crippen LogP contribution >= 0.6 is 0 Å². The van der Waals surface area contributed by atoms with Crippen molar-refractivity contribution < 1.29 is 9.53 Å². The van der Waals surface area contributed by atoms with Crippen molar-refractivity contribution in [3.8, 4) is 5.88 Å². The Hall–Kier alpha value is -1.78. The number of aromatic nitrogens is 1. The first-order valence-electron chi connectivity index (χ1n) is 5.65. The lowest BCUT2D eigenvalue weighted by Crippen LogP contribution is -2.31. The van der Waals surface area contributed by atoms with Crippen LogP contribution in [0.4, 0.5) is 5.69 Å². The summed E-state index contributed by atoms with van der Waals surface area (Å²) in [6, 6.07) is 3.81. The number of hydrogen-bond donors (Lipinski definition) is 2. The van der Waals surface area contributed by atoms with E-state index in [1.807, 2.05) is 19.9 Å². The van der Waals surface area contributed by atoms with Gasteiger partial charge in [0.2, 0.25) is 11.8 Å². The zero-order valence-corrected chi connectivity index (χ0v) is 10.5. The molecule has 5 nitrogen and oxygen atoms in total. The highest BCUT2D eigenvalue weighted by Gasteiger charge is 2.02. The van der Waals surface area contributed by atoms with Crippen molar-refractivity contribution >= 4 is 11.6 Å². The summed E-state index contributed by atoms with van der Waals surface area (Å²) in [6.07, 6.45) is 2.11. The molecule has 5 heteroatoms. The van der Waals surface area contributed by atoms with E-state index in [-0.39, 0.29) is 11.9 Å². The highest BCUT2D eigenvalue weighted by Crippen LogP contribution is 2.12. The fourth-order valence-electron chi connectivity index (χ4n) is 1.35. The van der Waals surface area contributed by atoms with Gasteiger partial charge in [0, 0.05) is 37.0 Å². The Morgan fingerprint density at radius 1 is 1.53 bits per heavy atom. The first kappa shape index (κ1) is 13.3. The van der Waals surface area contributed by atoms with Gasteiger partial charge in [0.25, 0.3) is 0 Å². The Morgan fingerprint density at radius 3 is 2.94 bits per heavy atom. The SMILES string of the molecule is COc1cc(NCCC(=O)NC(C)C)ccn1. The fourth-order valence-corrected chi connectivity index (χ4v) is 1.35. The molecule has 0 aliphatic carbocycles. The highest BCUT2D eigenvalue weighted by atomic mass is 16.5. The van der Waals surface area contributed by atoms with Gasteiger partial charge in [-0.25, -0.2) is 4.98 Å². The normalized spacial score (nSPS) is 10.1. The van der Waals surface area contributed by atoms with E-state index < -0.39 is 0 Å². The van der Waals surface area contributed by atoms with E-state index in [0.717, 1.165) is 5.69 Å². The number of rotatable bonds is 6. The van der Waals surface area contributed by atoms with Gasteiger partial charge in [-0.05, 0) is 19.9 Å². The molecule has 1 aromatic heterocycles. The molecular weight excluding hydrogens is 218 g/mol. The third-order valence-electron chi connectivity index (χ3n) is 2.07. The number of amides is 1. The van der Waals surface area contributed by atoms with Crippen LogP contribution in [0.1, 0.15) is 20.3 Å². The Labute approximate surface area is 102 Å². The molecule has 1 aromatic rings. The molecule has 1 amide bonds. The first-order chi connectivity index (χ1) is 8.11. The lowest BCUT2D eigenvalue weighted by atomic mass is 10.3. The van der Waals surface area contributed by atoms with Crippen molar-refractivity contribution in [2.45, 2.75) is 26.3 Å². The van der Waals surface area contributed by atoms with Crippen molar-refractivity contribution in [3.05, 3.63) is 18.3 Å². The number of pyridine rings is 1. The number of anilines is 1. The van der Waals surface area contributed by atoms with Gasteiger partial charge in [0.15, 0.2) is 0 Å². The van der Waals surface area contributed by atoms with Crippen LogP contribution in [0.25, 0.3) is 0 Å². The molecule has 0 spiro atoms. The van der Waals surface area contributed by atoms with Gasteiger partial charge >= 0.3 is 0 Å². The Kier molecular flexibility index (Phi) is 5.26. The molecule has 0 unspecified atom stereocenters. The number of nitrogens with one attached hydrogen (secondary N) is 2. The van der Waals surface area contributed by atoms with Crippen LogP contribution in [0.15, 0.2) is 18.3 Å². The van der Waals surface area contributed by atoms with Crippen LogP contribution in [-0.4, -0.2) is 30.6 Å². The molecule has 0 fully saturated rings. The summed E-state index contributed by atoms with van der Waals surface area (Å²) in [4.78, 5) is 15.4. The van der Waals surface area contributed by atoms with E-state index in [0.29, 0.717) is 18.8 Å². The van der Waals surface area contributed by atoms with E-state index in [1.165, 1.54) is 0 Å². The molecule has 0 aliphatic rings. The number of carbonyl (C=O) groups is 1. The molecule has 94 valence electrons. The molecule has 0 radical (unpaired) electrons. The monoisotopic (exact) mass is 237 g/mol. The zero-order valence-electron chi connectivity index (χ0n) is 10.5. The maximum Gasteiger partial charge on any atom is 0.221 e.